The van der Waals surface area contributed by atoms with Gasteiger partial charge in [0, 0.05) is 19.1 Å². The lowest BCUT2D eigenvalue weighted by atomic mass is 9.96. The maximum Gasteiger partial charge on any atom is 0.119 e. The van der Waals surface area contributed by atoms with Gasteiger partial charge in [0.05, 0.1) is 6.07 Å². The Hall–Kier alpha value is -0.630. The predicted molar refractivity (Wildman–Crippen MR) is 70.9 cm³/mol. The summed E-state index contributed by atoms with van der Waals surface area (Å²) in [5.74, 6) is 0.452. The average molecular weight is 248 g/mol. The van der Waals surface area contributed by atoms with Crippen molar-refractivity contribution in [3.05, 3.63) is 0 Å². The zero-order chi connectivity index (χ0) is 12.6. The van der Waals surface area contributed by atoms with Crippen molar-refractivity contribution in [2.24, 2.45) is 11.7 Å². The molecule has 18 heavy (non-hydrogen) atoms. The number of rotatable bonds is 4. The van der Waals surface area contributed by atoms with Crippen LogP contribution in [0.3, 0.4) is 0 Å². The standard InChI is InChI=1S/C14H24N4/c15-10-14(16,12-3-4-12)11-17-8-5-13(9-17)18-6-1-2-7-18/h12-13H,1-9,11,16H2. The van der Waals surface area contributed by atoms with Crippen LogP contribution in [0.25, 0.3) is 0 Å². The minimum Gasteiger partial charge on any atom is -0.312 e. The van der Waals surface area contributed by atoms with Gasteiger partial charge in [-0.2, -0.15) is 5.26 Å². The largest absolute Gasteiger partial charge is 0.312 e. The monoisotopic (exact) mass is 248 g/mol. The molecule has 2 aliphatic heterocycles. The fraction of sp³-hybridized carbons (Fsp3) is 0.929. The lowest BCUT2D eigenvalue weighted by Crippen LogP contribution is -2.51. The minimum absolute atomic E-state index is 0.452. The Bertz CT molecular complexity index is 340. The molecule has 0 aromatic carbocycles. The van der Waals surface area contributed by atoms with Crippen LogP contribution in [0.4, 0.5) is 0 Å². The minimum atomic E-state index is -0.583. The summed E-state index contributed by atoms with van der Waals surface area (Å²) in [5.41, 5.74) is 5.68. The van der Waals surface area contributed by atoms with Crippen LogP contribution in [0, 0.1) is 17.2 Å². The lowest BCUT2D eigenvalue weighted by Gasteiger charge is -2.28. The first-order valence-electron chi connectivity index (χ1n) is 7.38. The van der Waals surface area contributed by atoms with Crippen molar-refractivity contribution in [2.75, 3.05) is 32.7 Å². The molecule has 100 valence electrons. The fourth-order valence-corrected chi connectivity index (χ4v) is 3.58. The Morgan fingerprint density at radius 1 is 1.17 bits per heavy atom. The molecule has 4 heteroatoms. The van der Waals surface area contributed by atoms with Gasteiger partial charge in [0.25, 0.3) is 0 Å². The molecule has 3 fully saturated rings. The van der Waals surface area contributed by atoms with E-state index in [0.29, 0.717) is 5.92 Å². The van der Waals surface area contributed by atoms with Gasteiger partial charge in [0.15, 0.2) is 0 Å². The summed E-state index contributed by atoms with van der Waals surface area (Å²) in [6.45, 7) is 5.56. The van der Waals surface area contributed by atoms with Crippen LogP contribution >= 0.6 is 0 Å². The van der Waals surface area contributed by atoms with E-state index < -0.39 is 5.54 Å². The average Bonchev–Trinajstić information content (AvgIpc) is 2.91. The molecule has 2 saturated heterocycles. The zero-order valence-corrected chi connectivity index (χ0v) is 11.1. The Labute approximate surface area is 110 Å². The molecule has 3 aliphatic rings. The van der Waals surface area contributed by atoms with Crippen LogP contribution in [-0.2, 0) is 0 Å². The van der Waals surface area contributed by atoms with E-state index >= 15 is 0 Å². The molecule has 2 unspecified atom stereocenters. The van der Waals surface area contributed by atoms with Crippen molar-refractivity contribution in [3.63, 3.8) is 0 Å². The van der Waals surface area contributed by atoms with E-state index in [9.17, 15) is 5.26 Å². The zero-order valence-electron chi connectivity index (χ0n) is 11.1. The first-order valence-corrected chi connectivity index (χ1v) is 7.38. The van der Waals surface area contributed by atoms with Crippen LogP contribution in [0.1, 0.15) is 32.1 Å². The summed E-state index contributed by atoms with van der Waals surface area (Å²) in [4.78, 5) is 5.05. The molecule has 0 amide bonds. The van der Waals surface area contributed by atoms with Crippen molar-refractivity contribution in [2.45, 2.75) is 43.7 Å². The molecule has 0 aromatic heterocycles. The molecule has 0 aromatic rings. The predicted octanol–water partition coefficient (Wildman–Crippen LogP) is 0.788. The number of likely N-dealkylation sites (tertiary alicyclic amines) is 2. The van der Waals surface area contributed by atoms with Gasteiger partial charge in [-0.25, -0.2) is 0 Å². The van der Waals surface area contributed by atoms with E-state index in [1.54, 1.807) is 0 Å². The van der Waals surface area contributed by atoms with Crippen LogP contribution in [0.5, 0.6) is 0 Å². The lowest BCUT2D eigenvalue weighted by molar-refractivity contribution is 0.214. The van der Waals surface area contributed by atoms with Gasteiger partial charge < -0.3 is 5.73 Å². The maximum atomic E-state index is 9.32. The molecular formula is C14H24N4. The molecule has 0 radical (unpaired) electrons. The van der Waals surface area contributed by atoms with E-state index in [1.165, 1.54) is 32.4 Å². The van der Waals surface area contributed by atoms with Gasteiger partial charge >= 0.3 is 0 Å². The highest BCUT2D eigenvalue weighted by Crippen LogP contribution is 2.38. The second-order valence-corrected chi connectivity index (χ2v) is 6.35. The van der Waals surface area contributed by atoms with E-state index in [2.05, 4.69) is 15.9 Å². The van der Waals surface area contributed by atoms with Gasteiger partial charge in [-0.05, 0) is 57.7 Å². The number of nitriles is 1. The molecule has 2 atom stereocenters. The van der Waals surface area contributed by atoms with E-state index in [-0.39, 0.29) is 0 Å². The molecule has 3 rings (SSSR count). The first-order chi connectivity index (χ1) is 8.71. The number of hydrogen-bond donors (Lipinski definition) is 1. The van der Waals surface area contributed by atoms with Crippen molar-refractivity contribution >= 4 is 0 Å². The van der Waals surface area contributed by atoms with Crippen LogP contribution in [0.15, 0.2) is 0 Å². The summed E-state index contributed by atoms with van der Waals surface area (Å²) in [6.07, 6.45) is 6.27. The Balaban J connectivity index is 1.54. The molecule has 2 N–H and O–H groups in total. The van der Waals surface area contributed by atoms with Gasteiger partial charge in [0.2, 0.25) is 0 Å². The quantitative estimate of drug-likeness (QED) is 0.799. The highest BCUT2D eigenvalue weighted by Gasteiger charge is 2.44. The summed E-state index contributed by atoms with van der Waals surface area (Å²) in [5, 5.41) is 9.32. The van der Waals surface area contributed by atoms with Crippen LogP contribution < -0.4 is 5.73 Å². The third-order valence-electron chi connectivity index (χ3n) is 4.90. The first kappa shape index (κ1) is 12.4. The van der Waals surface area contributed by atoms with Crippen molar-refractivity contribution in [1.29, 1.82) is 5.26 Å². The molecule has 0 bridgehead atoms. The third-order valence-corrected chi connectivity index (χ3v) is 4.90. The molecule has 0 spiro atoms. The molecule has 1 aliphatic carbocycles. The van der Waals surface area contributed by atoms with Crippen molar-refractivity contribution in [3.8, 4) is 6.07 Å². The number of hydrogen-bond acceptors (Lipinski definition) is 4. The van der Waals surface area contributed by atoms with Crippen LogP contribution in [-0.4, -0.2) is 54.1 Å². The highest BCUT2D eigenvalue weighted by atomic mass is 15.3. The van der Waals surface area contributed by atoms with Gasteiger partial charge in [-0.3, -0.25) is 9.80 Å². The van der Waals surface area contributed by atoms with Gasteiger partial charge in [-0.15, -0.1) is 0 Å². The van der Waals surface area contributed by atoms with Crippen molar-refractivity contribution < 1.29 is 0 Å². The Kier molecular flexibility index (Phi) is 3.31. The second kappa shape index (κ2) is 4.80. The molecule has 4 nitrogen and oxygen atoms in total. The van der Waals surface area contributed by atoms with E-state index in [4.69, 9.17) is 5.73 Å². The summed E-state index contributed by atoms with van der Waals surface area (Å²) >= 11 is 0. The van der Waals surface area contributed by atoms with Crippen LogP contribution in [0.2, 0.25) is 0 Å². The molecular weight excluding hydrogens is 224 g/mol. The second-order valence-electron chi connectivity index (χ2n) is 6.35. The maximum absolute atomic E-state index is 9.32. The SMILES string of the molecule is N#CC(N)(CN1CCC(N2CCCC2)C1)C1CC1. The van der Waals surface area contributed by atoms with Gasteiger partial charge in [0.1, 0.15) is 5.54 Å². The fourth-order valence-electron chi connectivity index (χ4n) is 3.58. The number of nitrogens with zero attached hydrogens (tertiary/aromatic N) is 3. The third kappa shape index (κ3) is 2.40. The Morgan fingerprint density at radius 2 is 1.89 bits per heavy atom. The normalized spacial score (nSPS) is 33.4. The topological polar surface area (TPSA) is 56.3 Å². The summed E-state index contributed by atoms with van der Waals surface area (Å²) in [6, 6.07) is 3.09. The Morgan fingerprint density at radius 3 is 2.50 bits per heavy atom. The van der Waals surface area contributed by atoms with Gasteiger partial charge in [-0.1, -0.05) is 0 Å². The van der Waals surface area contributed by atoms with E-state index in [1.807, 2.05) is 0 Å². The molecule has 1 saturated carbocycles. The smallest absolute Gasteiger partial charge is 0.119 e. The van der Waals surface area contributed by atoms with Crippen molar-refractivity contribution in [1.82, 2.24) is 9.80 Å². The number of nitrogens with two attached hydrogens (primary N) is 1. The van der Waals surface area contributed by atoms with E-state index in [0.717, 1.165) is 38.5 Å². The summed E-state index contributed by atoms with van der Waals surface area (Å²) < 4.78 is 0. The summed E-state index contributed by atoms with van der Waals surface area (Å²) in [7, 11) is 0. The molecule has 2 heterocycles. The highest BCUT2D eigenvalue weighted by molar-refractivity contribution is 5.15.